The second-order valence-corrected chi connectivity index (χ2v) is 7.94. The van der Waals surface area contributed by atoms with Crippen LogP contribution < -0.4 is 10.1 Å². The minimum atomic E-state index is 0.0164. The van der Waals surface area contributed by atoms with Crippen molar-refractivity contribution in [1.29, 1.82) is 0 Å². The fourth-order valence-corrected chi connectivity index (χ4v) is 4.13. The van der Waals surface area contributed by atoms with Gasteiger partial charge < -0.3 is 10.1 Å². The Hall–Kier alpha value is -2.40. The van der Waals surface area contributed by atoms with Crippen LogP contribution in [0.3, 0.4) is 0 Å². The van der Waals surface area contributed by atoms with E-state index in [-0.39, 0.29) is 17.9 Å². The minimum Gasteiger partial charge on any atom is -0.496 e. The van der Waals surface area contributed by atoms with E-state index >= 15 is 0 Å². The first-order chi connectivity index (χ1) is 13.7. The highest BCUT2D eigenvalue weighted by atomic mass is 16.5. The highest BCUT2D eigenvalue weighted by Crippen LogP contribution is 2.34. The lowest BCUT2D eigenvalue weighted by Crippen LogP contribution is -2.41. The predicted molar refractivity (Wildman–Crippen MR) is 109 cm³/mol. The van der Waals surface area contributed by atoms with Gasteiger partial charge in [-0.15, -0.1) is 0 Å². The fourth-order valence-electron chi connectivity index (χ4n) is 4.13. The quantitative estimate of drug-likeness (QED) is 0.799. The summed E-state index contributed by atoms with van der Waals surface area (Å²) >= 11 is 0. The normalized spacial score (nSPS) is 19.2. The Labute approximate surface area is 167 Å². The molecule has 1 aliphatic heterocycles. The highest BCUT2D eigenvalue weighted by molar-refractivity contribution is 5.81. The van der Waals surface area contributed by atoms with Gasteiger partial charge in [-0.3, -0.25) is 14.7 Å². The summed E-state index contributed by atoms with van der Waals surface area (Å²) < 4.78 is 5.49. The number of carbonyl (C=O) groups is 1. The molecule has 0 spiro atoms. The molecule has 2 aromatic rings. The van der Waals surface area contributed by atoms with Crippen LogP contribution >= 0.6 is 0 Å². The summed E-state index contributed by atoms with van der Waals surface area (Å²) in [7, 11) is 1.73. The maximum atomic E-state index is 12.4. The van der Waals surface area contributed by atoms with Crippen molar-refractivity contribution in [3.8, 4) is 5.75 Å². The molecule has 4 rings (SSSR count). The number of hydrogen-bond acceptors (Lipinski definition) is 4. The van der Waals surface area contributed by atoms with E-state index in [0.717, 1.165) is 56.8 Å². The SMILES string of the molecule is COc1ccccc1CN1CCC([C@H](NC(=O)C2CC2)c2ccccn2)CC1. The number of likely N-dealkylation sites (tertiary alicyclic amines) is 1. The first-order valence-corrected chi connectivity index (χ1v) is 10.3. The van der Waals surface area contributed by atoms with Crippen molar-refractivity contribution in [2.75, 3.05) is 20.2 Å². The maximum absolute atomic E-state index is 12.4. The van der Waals surface area contributed by atoms with Crippen molar-refractivity contribution in [1.82, 2.24) is 15.2 Å². The number of amides is 1. The lowest BCUT2D eigenvalue weighted by Gasteiger charge is -2.36. The van der Waals surface area contributed by atoms with Crippen molar-refractivity contribution in [2.24, 2.45) is 11.8 Å². The van der Waals surface area contributed by atoms with Crippen LogP contribution in [-0.4, -0.2) is 36.0 Å². The van der Waals surface area contributed by atoms with Gasteiger partial charge in [0.25, 0.3) is 0 Å². The molecule has 5 heteroatoms. The highest BCUT2D eigenvalue weighted by Gasteiger charge is 2.35. The van der Waals surface area contributed by atoms with Gasteiger partial charge in [-0.2, -0.15) is 0 Å². The first kappa shape index (κ1) is 18.9. The zero-order valence-corrected chi connectivity index (χ0v) is 16.5. The van der Waals surface area contributed by atoms with Crippen LogP contribution in [0.4, 0.5) is 0 Å². The number of rotatable bonds is 7. The number of hydrogen-bond donors (Lipinski definition) is 1. The number of benzene rings is 1. The Morgan fingerprint density at radius 2 is 1.89 bits per heavy atom. The third-order valence-corrected chi connectivity index (χ3v) is 5.94. The van der Waals surface area contributed by atoms with Crippen molar-refractivity contribution in [3.05, 3.63) is 59.9 Å². The minimum absolute atomic E-state index is 0.0164. The van der Waals surface area contributed by atoms with E-state index < -0.39 is 0 Å². The predicted octanol–water partition coefficient (Wildman–Crippen LogP) is 3.57. The van der Waals surface area contributed by atoms with Crippen molar-refractivity contribution in [2.45, 2.75) is 38.3 Å². The van der Waals surface area contributed by atoms with Crippen molar-refractivity contribution < 1.29 is 9.53 Å². The monoisotopic (exact) mass is 379 g/mol. The van der Waals surface area contributed by atoms with Gasteiger partial charge in [0.2, 0.25) is 5.91 Å². The van der Waals surface area contributed by atoms with Crippen molar-refractivity contribution in [3.63, 3.8) is 0 Å². The van der Waals surface area contributed by atoms with E-state index in [2.05, 4.69) is 27.3 Å². The van der Waals surface area contributed by atoms with Gasteiger partial charge in [0, 0.05) is 24.2 Å². The first-order valence-electron chi connectivity index (χ1n) is 10.3. The van der Waals surface area contributed by atoms with Crippen LogP contribution in [0.5, 0.6) is 5.75 Å². The number of pyridine rings is 1. The molecule has 1 aliphatic carbocycles. The van der Waals surface area contributed by atoms with Crippen LogP contribution in [-0.2, 0) is 11.3 Å². The summed E-state index contributed by atoms with van der Waals surface area (Å²) in [6.45, 7) is 2.94. The van der Waals surface area contributed by atoms with Crippen molar-refractivity contribution >= 4 is 5.91 Å². The van der Waals surface area contributed by atoms with Crippen LogP contribution in [0.2, 0.25) is 0 Å². The van der Waals surface area contributed by atoms with E-state index in [1.807, 2.05) is 36.5 Å². The zero-order chi connectivity index (χ0) is 19.3. The average molecular weight is 380 g/mol. The molecule has 1 saturated heterocycles. The number of nitrogens with zero attached hydrogens (tertiary/aromatic N) is 2. The molecule has 2 aliphatic rings. The van der Waals surface area contributed by atoms with E-state index in [0.29, 0.717) is 5.92 Å². The molecular weight excluding hydrogens is 350 g/mol. The number of piperidine rings is 1. The Bertz CT molecular complexity index is 783. The molecule has 1 aromatic carbocycles. The molecule has 28 heavy (non-hydrogen) atoms. The maximum Gasteiger partial charge on any atom is 0.223 e. The molecule has 0 unspecified atom stereocenters. The molecule has 1 N–H and O–H groups in total. The molecule has 1 atom stereocenters. The van der Waals surface area contributed by atoms with E-state index in [4.69, 9.17) is 4.74 Å². The van der Waals surface area contributed by atoms with Gasteiger partial charge in [-0.05, 0) is 62.9 Å². The summed E-state index contributed by atoms with van der Waals surface area (Å²) in [6.07, 6.45) is 5.99. The lowest BCUT2D eigenvalue weighted by atomic mass is 9.87. The molecule has 2 fully saturated rings. The number of carbonyl (C=O) groups excluding carboxylic acids is 1. The molecule has 2 heterocycles. The van der Waals surface area contributed by atoms with Gasteiger partial charge in [-0.1, -0.05) is 24.3 Å². The number of methoxy groups -OCH3 is 1. The largest absolute Gasteiger partial charge is 0.496 e. The molecule has 1 saturated carbocycles. The van der Waals surface area contributed by atoms with E-state index in [1.54, 1.807) is 7.11 Å². The topological polar surface area (TPSA) is 54.5 Å². The van der Waals surface area contributed by atoms with Gasteiger partial charge in [0.05, 0.1) is 18.8 Å². The van der Waals surface area contributed by atoms with Crippen LogP contribution in [0.15, 0.2) is 48.7 Å². The van der Waals surface area contributed by atoms with Crippen LogP contribution in [0.25, 0.3) is 0 Å². The number of ether oxygens (including phenoxy) is 1. The second kappa shape index (κ2) is 8.74. The smallest absolute Gasteiger partial charge is 0.223 e. The fraction of sp³-hybridized carbons (Fsp3) is 0.478. The van der Waals surface area contributed by atoms with E-state index in [9.17, 15) is 4.79 Å². The molecule has 0 radical (unpaired) electrons. The Morgan fingerprint density at radius 1 is 1.14 bits per heavy atom. The van der Waals surface area contributed by atoms with Gasteiger partial charge in [0.15, 0.2) is 0 Å². The molecule has 5 nitrogen and oxygen atoms in total. The summed E-state index contributed by atoms with van der Waals surface area (Å²) in [6, 6.07) is 14.2. The standard InChI is InChI=1S/C23H29N3O2/c1-28-21-8-3-2-6-19(21)16-26-14-11-17(12-15-26)22(20-7-4-5-13-24-20)25-23(27)18-9-10-18/h2-8,13,17-18,22H,9-12,14-16H2,1H3,(H,25,27)/t22-/m0/s1. The Morgan fingerprint density at radius 3 is 2.57 bits per heavy atom. The van der Waals surface area contributed by atoms with E-state index in [1.165, 1.54) is 5.56 Å². The van der Waals surface area contributed by atoms with Crippen LogP contribution in [0.1, 0.15) is 43.0 Å². The second-order valence-electron chi connectivity index (χ2n) is 7.94. The Balaban J connectivity index is 1.40. The summed E-state index contributed by atoms with van der Waals surface area (Å²) in [5, 5.41) is 3.31. The molecule has 1 aromatic heterocycles. The van der Waals surface area contributed by atoms with Gasteiger partial charge in [0.1, 0.15) is 5.75 Å². The average Bonchev–Trinajstić information content (AvgIpc) is 3.59. The molecule has 1 amide bonds. The molecule has 148 valence electrons. The third kappa shape index (κ3) is 4.53. The number of nitrogens with one attached hydrogen (secondary N) is 1. The summed E-state index contributed by atoms with van der Waals surface area (Å²) in [5.41, 5.74) is 2.21. The zero-order valence-electron chi connectivity index (χ0n) is 16.5. The number of aromatic nitrogens is 1. The molecular formula is C23H29N3O2. The molecule has 0 bridgehead atoms. The summed E-state index contributed by atoms with van der Waals surface area (Å²) in [4.78, 5) is 19.5. The third-order valence-electron chi connectivity index (χ3n) is 5.94. The van der Waals surface area contributed by atoms with Crippen LogP contribution in [0, 0.1) is 11.8 Å². The summed E-state index contributed by atoms with van der Waals surface area (Å²) in [5.74, 6) is 1.79. The van der Waals surface area contributed by atoms with Gasteiger partial charge in [-0.25, -0.2) is 0 Å². The van der Waals surface area contributed by atoms with Gasteiger partial charge >= 0.3 is 0 Å². The lowest BCUT2D eigenvalue weighted by molar-refractivity contribution is -0.123. The Kier molecular flexibility index (Phi) is 5.91. The number of para-hydroxylation sites is 1.